The Kier molecular flexibility index (Phi) is 6.39. The number of aryl methyl sites for hydroxylation is 2. The van der Waals surface area contributed by atoms with Gasteiger partial charge in [-0.05, 0) is 83.0 Å². The summed E-state index contributed by atoms with van der Waals surface area (Å²) < 4.78 is 9.33. The molecular formula is C31H31N5O4S. The minimum absolute atomic E-state index is 0.00762. The van der Waals surface area contributed by atoms with E-state index in [0.29, 0.717) is 19.0 Å². The standard InChI is InChI=1S/C31H31N5O4S/c1-17-22(5-6-25-30(17)33-34-35(25)2)23(13-29(38)39)20-11-19-9-10-41-31(19)21(12-20)14-36-15-24-26(7-8-28(37)32-24)40-27(16-36)18-3-4-18/h5-12,18,23,27H,3-4,13-16H2,1-2H3,(H,32,37)(H,38,39)/t23-,27+/m1/s1. The Hall–Kier alpha value is -4.02. The van der Waals surface area contributed by atoms with E-state index in [1.165, 1.54) is 4.70 Å². The number of hydrogen-bond acceptors (Lipinski definition) is 8. The van der Waals surface area contributed by atoms with Crippen molar-refractivity contribution in [1.29, 1.82) is 0 Å². The number of nitrogens with zero attached hydrogens (tertiary/aromatic N) is 5. The molecule has 10 heteroatoms. The lowest BCUT2D eigenvalue weighted by molar-refractivity contribution is -0.137. The number of aliphatic carboxylic acids is 1. The third kappa shape index (κ3) is 4.91. The summed E-state index contributed by atoms with van der Waals surface area (Å²) in [5, 5.41) is 31.8. The van der Waals surface area contributed by atoms with Crippen LogP contribution in [0.5, 0.6) is 11.6 Å². The van der Waals surface area contributed by atoms with Gasteiger partial charge in [0.05, 0.1) is 11.9 Å². The van der Waals surface area contributed by atoms with E-state index < -0.39 is 5.97 Å². The van der Waals surface area contributed by atoms with Crippen molar-refractivity contribution in [2.24, 2.45) is 13.0 Å². The fraction of sp³-hybridized carbons (Fsp3) is 0.355. The Balaban J connectivity index is 1.29. The minimum atomic E-state index is -0.847. The minimum Gasteiger partial charge on any atom is -0.493 e. The summed E-state index contributed by atoms with van der Waals surface area (Å²) in [7, 11) is 1.86. The molecule has 210 valence electrons. The van der Waals surface area contributed by atoms with Crippen LogP contribution in [0.25, 0.3) is 21.1 Å². The number of rotatable bonds is 7. The number of hydrogen-bond donors (Lipinski definition) is 2. The van der Waals surface area contributed by atoms with Crippen LogP contribution < -0.4 is 4.74 Å². The van der Waals surface area contributed by atoms with Gasteiger partial charge in [-0.1, -0.05) is 17.3 Å². The van der Waals surface area contributed by atoms with Gasteiger partial charge in [-0.15, -0.1) is 16.4 Å². The smallest absolute Gasteiger partial charge is 0.304 e. The van der Waals surface area contributed by atoms with E-state index in [2.05, 4.69) is 43.8 Å². The maximum atomic E-state index is 12.2. The van der Waals surface area contributed by atoms with Gasteiger partial charge in [-0.3, -0.25) is 9.69 Å². The van der Waals surface area contributed by atoms with Crippen LogP contribution in [0.2, 0.25) is 0 Å². The third-order valence-corrected chi connectivity index (χ3v) is 9.44. The maximum absolute atomic E-state index is 12.2. The quantitative estimate of drug-likeness (QED) is 0.269. The van der Waals surface area contributed by atoms with Crippen LogP contribution in [0.1, 0.15) is 53.1 Å². The molecule has 1 fully saturated rings. The molecule has 2 aromatic carbocycles. The average Bonchev–Trinajstić information content (AvgIpc) is 3.60. The molecule has 0 bridgehead atoms. The average molecular weight is 570 g/mol. The Morgan fingerprint density at radius 2 is 2.05 bits per heavy atom. The molecule has 7 rings (SSSR count). The molecule has 9 nitrogen and oxygen atoms in total. The molecule has 0 unspecified atom stereocenters. The number of carboxylic acid groups (broad SMARTS) is 1. The molecule has 2 aliphatic rings. The number of pyridine rings is 1. The Morgan fingerprint density at radius 3 is 2.85 bits per heavy atom. The molecular weight excluding hydrogens is 538 g/mol. The summed E-state index contributed by atoms with van der Waals surface area (Å²) in [6.45, 7) is 3.99. The number of ether oxygens (including phenoxy) is 1. The van der Waals surface area contributed by atoms with E-state index in [4.69, 9.17) is 4.74 Å². The van der Waals surface area contributed by atoms with E-state index >= 15 is 0 Å². The fourth-order valence-corrected chi connectivity index (χ4v) is 7.10. The van der Waals surface area contributed by atoms with Crippen LogP contribution in [0.15, 0.2) is 47.8 Å². The van der Waals surface area contributed by atoms with E-state index in [-0.39, 0.29) is 24.3 Å². The molecule has 2 N–H and O–H groups in total. The molecule has 1 aliphatic heterocycles. The van der Waals surface area contributed by atoms with Crippen molar-refractivity contribution in [3.8, 4) is 11.6 Å². The van der Waals surface area contributed by atoms with Crippen molar-refractivity contribution in [3.63, 3.8) is 0 Å². The second-order valence-corrected chi connectivity index (χ2v) is 12.2. The monoisotopic (exact) mass is 569 g/mol. The maximum Gasteiger partial charge on any atom is 0.304 e. The SMILES string of the molecule is Cc1c([C@H](CC(=O)O)c2cc(CN3Cc4nc(O)ccc4O[C@H](C4CC4)C3)c3sccc3c2)ccc2c1nnn2C. The summed E-state index contributed by atoms with van der Waals surface area (Å²) in [4.78, 5) is 18.9. The molecule has 0 radical (unpaired) electrons. The van der Waals surface area contributed by atoms with Crippen LogP contribution in [-0.2, 0) is 24.9 Å². The topological polar surface area (TPSA) is 114 Å². The molecule has 3 aromatic heterocycles. The lowest BCUT2D eigenvalue weighted by atomic mass is 9.84. The summed E-state index contributed by atoms with van der Waals surface area (Å²) in [6, 6.07) is 13.8. The second-order valence-electron chi connectivity index (χ2n) is 11.3. The Morgan fingerprint density at radius 1 is 1.20 bits per heavy atom. The molecule has 4 heterocycles. The van der Waals surface area contributed by atoms with E-state index in [1.807, 2.05) is 32.2 Å². The van der Waals surface area contributed by atoms with Gasteiger partial charge in [0.25, 0.3) is 0 Å². The molecule has 0 spiro atoms. The van der Waals surface area contributed by atoms with Gasteiger partial charge in [0, 0.05) is 43.4 Å². The van der Waals surface area contributed by atoms with E-state index in [0.717, 1.165) is 69.5 Å². The fourth-order valence-electron chi connectivity index (χ4n) is 6.21. The van der Waals surface area contributed by atoms with Gasteiger partial charge in [0.15, 0.2) is 0 Å². The normalized spacial score (nSPS) is 18.2. The third-order valence-electron chi connectivity index (χ3n) is 8.44. The highest BCUT2D eigenvalue weighted by atomic mass is 32.1. The Bertz CT molecular complexity index is 1790. The first kappa shape index (κ1) is 25.9. The van der Waals surface area contributed by atoms with Gasteiger partial charge in [-0.25, -0.2) is 9.67 Å². The van der Waals surface area contributed by atoms with Gasteiger partial charge in [0.2, 0.25) is 5.88 Å². The zero-order chi connectivity index (χ0) is 28.2. The van der Waals surface area contributed by atoms with E-state index in [9.17, 15) is 15.0 Å². The van der Waals surface area contributed by atoms with Crippen LogP contribution >= 0.6 is 11.3 Å². The van der Waals surface area contributed by atoms with Crippen LogP contribution in [0, 0.1) is 12.8 Å². The zero-order valence-corrected chi connectivity index (χ0v) is 23.8. The number of carboxylic acids is 1. The number of thiophene rings is 1. The Labute approximate surface area is 241 Å². The van der Waals surface area contributed by atoms with Crippen LogP contribution in [0.3, 0.4) is 0 Å². The van der Waals surface area contributed by atoms with Crippen molar-refractivity contribution in [1.82, 2.24) is 24.9 Å². The number of benzene rings is 2. The number of aromatic nitrogens is 4. The van der Waals surface area contributed by atoms with Crippen LogP contribution in [0.4, 0.5) is 0 Å². The van der Waals surface area contributed by atoms with Gasteiger partial charge in [-0.2, -0.15) is 0 Å². The molecule has 0 amide bonds. The molecule has 1 saturated carbocycles. The van der Waals surface area contributed by atoms with Crippen LogP contribution in [-0.4, -0.2) is 53.7 Å². The van der Waals surface area contributed by atoms with Gasteiger partial charge in [0.1, 0.15) is 23.1 Å². The summed E-state index contributed by atoms with van der Waals surface area (Å²) in [5.74, 6) is 0.0812. The lowest BCUT2D eigenvalue weighted by Gasteiger charge is -2.25. The highest BCUT2D eigenvalue weighted by Crippen LogP contribution is 2.40. The predicted molar refractivity (Wildman–Crippen MR) is 156 cm³/mol. The van der Waals surface area contributed by atoms with Crippen molar-refractivity contribution in [2.45, 2.75) is 51.3 Å². The second kappa shape index (κ2) is 10.1. The first-order chi connectivity index (χ1) is 19.8. The molecule has 41 heavy (non-hydrogen) atoms. The number of fused-ring (bicyclic) bond motifs is 3. The van der Waals surface area contributed by atoms with E-state index in [1.54, 1.807) is 22.1 Å². The van der Waals surface area contributed by atoms with Crippen molar-refractivity contribution in [2.75, 3.05) is 6.54 Å². The van der Waals surface area contributed by atoms with Crippen molar-refractivity contribution in [3.05, 3.63) is 75.8 Å². The van der Waals surface area contributed by atoms with Crippen molar-refractivity contribution < 1.29 is 19.7 Å². The highest BCUT2D eigenvalue weighted by molar-refractivity contribution is 7.17. The predicted octanol–water partition coefficient (Wildman–Crippen LogP) is 5.37. The zero-order valence-electron chi connectivity index (χ0n) is 22.9. The molecule has 1 aliphatic carbocycles. The number of aromatic hydroxyl groups is 1. The first-order valence-electron chi connectivity index (χ1n) is 13.9. The summed E-state index contributed by atoms with van der Waals surface area (Å²) in [5.41, 5.74) is 6.48. The summed E-state index contributed by atoms with van der Waals surface area (Å²) in [6.07, 6.45) is 2.37. The van der Waals surface area contributed by atoms with Crippen molar-refractivity contribution >= 4 is 38.4 Å². The molecule has 5 aromatic rings. The molecule has 2 atom stereocenters. The van der Waals surface area contributed by atoms with Gasteiger partial charge < -0.3 is 14.9 Å². The molecule has 0 saturated heterocycles. The summed E-state index contributed by atoms with van der Waals surface area (Å²) >= 11 is 1.70. The number of carbonyl (C=O) groups is 1. The largest absolute Gasteiger partial charge is 0.493 e. The lowest BCUT2D eigenvalue weighted by Crippen LogP contribution is -2.34. The highest BCUT2D eigenvalue weighted by Gasteiger charge is 2.37. The van der Waals surface area contributed by atoms with Gasteiger partial charge >= 0.3 is 5.97 Å². The first-order valence-corrected chi connectivity index (χ1v) is 14.8.